The first-order valence-corrected chi connectivity index (χ1v) is 7.44. The van der Waals surface area contributed by atoms with Gasteiger partial charge in [-0.2, -0.15) is 0 Å². The van der Waals surface area contributed by atoms with Gasteiger partial charge in [0, 0.05) is 12.5 Å². The maximum atomic E-state index is 13.1. The average Bonchev–Trinajstić information content (AvgIpc) is 2.49. The van der Waals surface area contributed by atoms with E-state index in [9.17, 15) is 9.18 Å². The fraction of sp³-hybridized carbons (Fsp3) is 0.562. The predicted octanol–water partition coefficient (Wildman–Crippen LogP) is 3.22. The van der Waals surface area contributed by atoms with Gasteiger partial charge in [0.15, 0.2) is 0 Å². The number of hydrogen-bond donors (Lipinski definition) is 2. The lowest BCUT2D eigenvalue weighted by Gasteiger charge is -2.27. The SMILES string of the molecule is COc1cc(F)ccc1NC(=O)CC(C)C1CCNCC1.Cl. The Morgan fingerprint density at radius 3 is 2.77 bits per heavy atom. The molecule has 1 amide bonds. The lowest BCUT2D eigenvalue weighted by atomic mass is 9.84. The van der Waals surface area contributed by atoms with Crippen molar-refractivity contribution >= 4 is 24.0 Å². The molecule has 1 aromatic rings. The molecule has 1 heterocycles. The molecule has 1 aromatic carbocycles. The minimum atomic E-state index is -0.382. The molecule has 1 aliphatic rings. The van der Waals surface area contributed by atoms with E-state index in [1.54, 1.807) is 0 Å². The Kier molecular flexibility index (Phi) is 7.62. The van der Waals surface area contributed by atoms with E-state index < -0.39 is 0 Å². The smallest absolute Gasteiger partial charge is 0.224 e. The minimum absolute atomic E-state index is 0. The van der Waals surface area contributed by atoms with Gasteiger partial charge in [-0.15, -0.1) is 12.4 Å². The predicted molar refractivity (Wildman–Crippen MR) is 88.2 cm³/mol. The Hall–Kier alpha value is -1.33. The molecule has 0 aromatic heterocycles. The van der Waals surface area contributed by atoms with Crippen molar-refractivity contribution in [2.24, 2.45) is 11.8 Å². The molecule has 1 atom stereocenters. The molecule has 124 valence electrons. The summed E-state index contributed by atoms with van der Waals surface area (Å²) in [5.41, 5.74) is 0.515. The standard InChI is InChI=1S/C16H23FN2O2.ClH/c1-11(12-5-7-18-8-6-12)9-16(20)19-14-4-3-13(17)10-15(14)21-2;/h3-4,10-12,18H,5-9H2,1-2H3,(H,19,20);1H. The van der Waals surface area contributed by atoms with Crippen LogP contribution in [0.3, 0.4) is 0 Å². The summed E-state index contributed by atoms with van der Waals surface area (Å²) in [5.74, 6) is 0.849. The number of piperidine rings is 1. The molecule has 0 spiro atoms. The highest BCUT2D eigenvalue weighted by molar-refractivity contribution is 5.92. The van der Waals surface area contributed by atoms with Crippen molar-refractivity contribution in [2.75, 3.05) is 25.5 Å². The Morgan fingerprint density at radius 1 is 1.45 bits per heavy atom. The van der Waals surface area contributed by atoms with Crippen LogP contribution in [0.15, 0.2) is 18.2 Å². The van der Waals surface area contributed by atoms with Crippen molar-refractivity contribution in [1.29, 1.82) is 0 Å². The van der Waals surface area contributed by atoms with Crippen molar-refractivity contribution in [2.45, 2.75) is 26.2 Å². The fourth-order valence-electron chi connectivity index (χ4n) is 2.84. The van der Waals surface area contributed by atoms with Crippen LogP contribution in [-0.2, 0) is 4.79 Å². The lowest BCUT2D eigenvalue weighted by molar-refractivity contribution is -0.117. The van der Waals surface area contributed by atoms with Gasteiger partial charge in [0.2, 0.25) is 5.91 Å². The molecular formula is C16H24ClFN2O2. The van der Waals surface area contributed by atoms with Crippen molar-refractivity contribution in [1.82, 2.24) is 5.32 Å². The molecule has 0 bridgehead atoms. The first-order chi connectivity index (χ1) is 10.1. The van der Waals surface area contributed by atoms with Crippen molar-refractivity contribution in [3.63, 3.8) is 0 Å². The van der Waals surface area contributed by atoms with Crippen LogP contribution in [0, 0.1) is 17.7 Å². The maximum absolute atomic E-state index is 13.1. The molecular weight excluding hydrogens is 307 g/mol. The molecule has 0 aliphatic carbocycles. The number of hydrogen-bond acceptors (Lipinski definition) is 3. The summed E-state index contributed by atoms with van der Waals surface area (Å²) in [6.45, 7) is 4.18. The minimum Gasteiger partial charge on any atom is -0.494 e. The summed E-state index contributed by atoms with van der Waals surface area (Å²) in [6, 6.07) is 4.11. The largest absolute Gasteiger partial charge is 0.494 e. The van der Waals surface area contributed by atoms with Crippen molar-refractivity contribution in [3.05, 3.63) is 24.0 Å². The summed E-state index contributed by atoms with van der Waals surface area (Å²) in [6.07, 6.45) is 2.72. The van der Waals surface area contributed by atoms with Crippen LogP contribution >= 0.6 is 12.4 Å². The zero-order valence-corrected chi connectivity index (χ0v) is 13.8. The van der Waals surface area contributed by atoms with E-state index in [4.69, 9.17) is 4.74 Å². The molecule has 1 saturated heterocycles. The maximum Gasteiger partial charge on any atom is 0.224 e. The summed E-state index contributed by atoms with van der Waals surface area (Å²) in [4.78, 5) is 12.1. The van der Waals surface area contributed by atoms with E-state index in [0.29, 0.717) is 29.7 Å². The highest BCUT2D eigenvalue weighted by Crippen LogP contribution is 2.27. The second-order valence-corrected chi connectivity index (χ2v) is 5.66. The van der Waals surface area contributed by atoms with Crippen LogP contribution in [0.2, 0.25) is 0 Å². The zero-order valence-electron chi connectivity index (χ0n) is 13.0. The molecule has 1 aliphatic heterocycles. The summed E-state index contributed by atoms with van der Waals surface area (Å²) >= 11 is 0. The number of benzene rings is 1. The van der Waals surface area contributed by atoms with Gasteiger partial charge >= 0.3 is 0 Å². The van der Waals surface area contributed by atoms with Gasteiger partial charge in [-0.1, -0.05) is 6.92 Å². The number of amides is 1. The number of ether oxygens (including phenoxy) is 1. The second kappa shape index (κ2) is 8.96. The van der Waals surface area contributed by atoms with E-state index in [2.05, 4.69) is 17.6 Å². The van der Waals surface area contributed by atoms with Gasteiger partial charge in [0.25, 0.3) is 0 Å². The van der Waals surface area contributed by atoms with E-state index in [0.717, 1.165) is 25.9 Å². The van der Waals surface area contributed by atoms with E-state index >= 15 is 0 Å². The third kappa shape index (κ3) is 5.14. The number of halogens is 2. The summed E-state index contributed by atoms with van der Waals surface area (Å²) in [5, 5.41) is 6.14. The third-order valence-electron chi connectivity index (χ3n) is 4.13. The van der Waals surface area contributed by atoms with Gasteiger partial charge < -0.3 is 15.4 Å². The zero-order chi connectivity index (χ0) is 15.2. The normalized spacial score (nSPS) is 16.5. The Labute approximate surface area is 137 Å². The molecule has 6 heteroatoms. The molecule has 4 nitrogen and oxygen atoms in total. The van der Waals surface area contributed by atoms with Gasteiger partial charge in [-0.25, -0.2) is 4.39 Å². The topological polar surface area (TPSA) is 50.4 Å². The van der Waals surface area contributed by atoms with Crippen molar-refractivity contribution < 1.29 is 13.9 Å². The Bertz CT molecular complexity index is 493. The van der Waals surface area contributed by atoms with Gasteiger partial charge in [0.05, 0.1) is 12.8 Å². The van der Waals surface area contributed by atoms with E-state index in [1.165, 1.54) is 25.3 Å². The number of nitrogens with one attached hydrogen (secondary N) is 2. The van der Waals surface area contributed by atoms with Crippen LogP contribution in [0.5, 0.6) is 5.75 Å². The molecule has 0 radical (unpaired) electrons. The molecule has 2 rings (SSSR count). The Balaban J connectivity index is 0.00000242. The van der Waals surface area contributed by atoms with Gasteiger partial charge in [0.1, 0.15) is 11.6 Å². The Morgan fingerprint density at radius 2 is 2.14 bits per heavy atom. The molecule has 1 unspecified atom stereocenters. The van der Waals surface area contributed by atoms with Crippen LogP contribution in [0.1, 0.15) is 26.2 Å². The van der Waals surface area contributed by atoms with Crippen LogP contribution in [0.4, 0.5) is 10.1 Å². The monoisotopic (exact) mass is 330 g/mol. The molecule has 1 fully saturated rings. The first-order valence-electron chi connectivity index (χ1n) is 7.44. The fourth-order valence-corrected chi connectivity index (χ4v) is 2.84. The number of rotatable bonds is 5. The first kappa shape index (κ1) is 18.7. The van der Waals surface area contributed by atoms with Crippen LogP contribution < -0.4 is 15.4 Å². The molecule has 0 saturated carbocycles. The highest BCUT2D eigenvalue weighted by Gasteiger charge is 2.22. The van der Waals surface area contributed by atoms with Crippen molar-refractivity contribution in [3.8, 4) is 5.75 Å². The molecule has 22 heavy (non-hydrogen) atoms. The summed E-state index contributed by atoms with van der Waals surface area (Å²) < 4.78 is 18.2. The van der Waals surface area contributed by atoms with Crippen LogP contribution in [-0.4, -0.2) is 26.1 Å². The number of anilines is 1. The van der Waals surface area contributed by atoms with E-state index in [1.807, 2.05) is 0 Å². The third-order valence-corrected chi connectivity index (χ3v) is 4.13. The molecule has 2 N–H and O–H groups in total. The van der Waals surface area contributed by atoms with Gasteiger partial charge in [-0.3, -0.25) is 4.79 Å². The number of carbonyl (C=O) groups excluding carboxylic acids is 1. The summed E-state index contributed by atoms with van der Waals surface area (Å²) in [7, 11) is 1.46. The number of methoxy groups -OCH3 is 1. The van der Waals surface area contributed by atoms with Crippen LogP contribution in [0.25, 0.3) is 0 Å². The second-order valence-electron chi connectivity index (χ2n) is 5.66. The van der Waals surface area contributed by atoms with Gasteiger partial charge in [-0.05, 0) is 49.9 Å². The number of carbonyl (C=O) groups is 1. The highest BCUT2D eigenvalue weighted by atomic mass is 35.5. The lowest BCUT2D eigenvalue weighted by Crippen LogP contribution is -2.32. The van der Waals surface area contributed by atoms with E-state index in [-0.39, 0.29) is 24.1 Å². The average molecular weight is 331 g/mol. The quantitative estimate of drug-likeness (QED) is 0.871.